The third-order valence-corrected chi connectivity index (χ3v) is 6.44. The predicted molar refractivity (Wildman–Crippen MR) is 121 cm³/mol. The van der Waals surface area contributed by atoms with Gasteiger partial charge >= 0.3 is 6.09 Å². The van der Waals surface area contributed by atoms with Crippen LogP contribution in [0, 0.1) is 0 Å². The Kier molecular flexibility index (Phi) is 8.71. The van der Waals surface area contributed by atoms with Crippen molar-refractivity contribution in [2.75, 3.05) is 20.7 Å². The molecule has 3 rings (SSSR count). The van der Waals surface area contributed by atoms with E-state index in [2.05, 4.69) is 4.98 Å². The molecule has 4 N–H and O–H groups in total. The average Bonchev–Trinajstić information content (AvgIpc) is 3.34. The van der Waals surface area contributed by atoms with Gasteiger partial charge in [-0.2, -0.15) is 0 Å². The molecule has 184 valence electrons. The van der Waals surface area contributed by atoms with Gasteiger partial charge in [0.1, 0.15) is 18.1 Å². The Balaban J connectivity index is 1.76. The third-order valence-electron chi connectivity index (χ3n) is 6.44. The number of pyridine rings is 1. The predicted octanol–water partition coefficient (Wildman–Crippen LogP) is 4.17. The number of alkyl halides is 2. The van der Waals surface area contributed by atoms with Crippen molar-refractivity contribution in [1.82, 2.24) is 14.9 Å². The topological polar surface area (TPSA) is 107 Å². The van der Waals surface area contributed by atoms with Crippen molar-refractivity contribution >= 4 is 11.8 Å². The summed E-state index contributed by atoms with van der Waals surface area (Å²) in [6, 6.07) is 3.15. The first kappa shape index (κ1) is 25.0. The van der Waals surface area contributed by atoms with Crippen LogP contribution in [0.5, 0.6) is 5.75 Å². The van der Waals surface area contributed by atoms with E-state index in [1.807, 2.05) is 0 Å². The van der Waals surface area contributed by atoms with Gasteiger partial charge in [-0.1, -0.05) is 19.3 Å². The number of nitrogens with zero attached hydrogens (tertiary/aromatic N) is 3. The number of nitrogens with two attached hydrogens (primary N) is 2. The number of halogens is 2. The van der Waals surface area contributed by atoms with Gasteiger partial charge in [0.25, 0.3) is 6.43 Å². The molecule has 1 aromatic heterocycles. The molecule has 0 aliphatic heterocycles. The molecule has 0 bridgehead atoms. The van der Waals surface area contributed by atoms with Crippen LogP contribution in [0.1, 0.15) is 75.6 Å². The van der Waals surface area contributed by atoms with Crippen molar-refractivity contribution < 1.29 is 23.0 Å². The normalized spacial score (nSPS) is 18.2. The lowest BCUT2D eigenvalue weighted by molar-refractivity contribution is 0.0999. The van der Waals surface area contributed by atoms with Gasteiger partial charge in [-0.25, -0.2) is 24.4 Å². The summed E-state index contributed by atoms with van der Waals surface area (Å²) in [4.78, 5) is 18.1. The Bertz CT molecular complexity index is 837. The summed E-state index contributed by atoms with van der Waals surface area (Å²) < 4.78 is 38.8. The molecule has 0 spiro atoms. The number of ether oxygens (including phenoxy) is 2. The quantitative estimate of drug-likeness (QED) is 0.436. The molecule has 0 atom stereocenters. The molecule has 0 saturated heterocycles. The molecule has 33 heavy (non-hydrogen) atoms. The summed E-state index contributed by atoms with van der Waals surface area (Å²) in [5, 5.41) is 1.20. The number of carbonyl (C=O) groups excluding carboxylic acids is 1. The van der Waals surface area contributed by atoms with Crippen LogP contribution in [-0.4, -0.2) is 53.8 Å². The van der Waals surface area contributed by atoms with Crippen molar-refractivity contribution in [3.05, 3.63) is 29.2 Å². The lowest BCUT2D eigenvalue weighted by Crippen LogP contribution is -2.37. The van der Waals surface area contributed by atoms with Crippen LogP contribution in [0.4, 0.5) is 13.6 Å². The van der Waals surface area contributed by atoms with Gasteiger partial charge in [0, 0.05) is 20.1 Å². The van der Waals surface area contributed by atoms with E-state index >= 15 is 0 Å². The first-order valence-electron chi connectivity index (χ1n) is 11.6. The van der Waals surface area contributed by atoms with E-state index < -0.39 is 18.2 Å². The van der Waals surface area contributed by atoms with Crippen LogP contribution in [0.2, 0.25) is 0 Å². The molecular weight excluding hydrogens is 432 g/mol. The van der Waals surface area contributed by atoms with Gasteiger partial charge < -0.3 is 25.1 Å². The smallest absolute Gasteiger partial charge is 0.410 e. The minimum Gasteiger partial charge on any atom is -0.488 e. The maximum absolute atomic E-state index is 13.8. The van der Waals surface area contributed by atoms with Crippen LogP contribution in [0.25, 0.3) is 5.70 Å². The van der Waals surface area contributed by atoms with Gasteiger partial charge in [-0.3, -0.25) is 0 Å². The number of aromatic nitrogens is 1. The second kappa shape index (κ2) is 11.5. The summed E-state index contributed by atoms with van der Waals surface area (Å²) in [5.41, 5.74) is 6.21. The highest BCUT2D eigenvalue weighted by molar-refractivity contribution is 5.69. The molecule has 10 heteroatoms. The van der Waals surface area contributed by atoms with Gasteiger partial charge in [-0.15, -0.1) is 0 Å². The zero-order valence-electron chi connectivity index (χ0n) is 19.4. The average molecular weight is 468 g/mol. The van der Waals surface area contributed by atoms with E-state index in [0.29, 0.717) is 0 Å². The summed E-state index contributed by atoms with van der Waals surface area (Å²) in [6.45, 7) is -0.208. The molecule has 2 aliphatic rings. The SMILES string of the molecule is CN(N)/C(COC(=O)N(C)C1CCCC1)=C(\N)c1ccc(OC2CCCCC2)c(C(F)F)n1. The van der Waals surface area contributed by atoms with E-state index in [1.54, 1.807) is 11.9 Å². The van der Waals surface area contributed by atoms with Crippen LogP contribution in [0.15, 0.2) is 17.8 Å². The maximum atomic E-state index is 13.8. The van der Waals surface area contributed by atoms with Crippen LogP contribution in [-0.2, 0) is 4.74 Å². The molecule has 1 heterocycles. The van der Waals surface area contributed by atoms with Gasteiger partial charge in [-0.05, 0) is 50.7 Å². The minimum absolute atomic E-state index is 0.0578. The summed E-state index contributed by atoms with van der Waals surface area (Å²) in [5.74, 6) is 5.97. The van der Waals surface area contributed by atoms with Gasteiger partial charge in [0.15, 0.2) is 0 Å². The second-order valence-electron chi connectivity index (χ2n) is 8.83. The van der Waals surface area contributed by atoms with Crippen LogP contribution >= 0.6 is 0 Å². The zero-order valence-corrected chi connectivity index (χ0v) is 19.4. The molecule has 8 nitrogen and oxygen atoms in total. The summed E-state index contributed by atoms with van der Waals surface area (Å²) >= 11 is 0. The highest BCUT2D eigenvalue weighted by atomic mass is 19.3. The van der Waals surface area contributed by atoms with Gasteiger partial charge in [0.05, 0.1) is 23.2 Å². The number of amides is 1. The largest absolute Gasteiger partial charge is 0.488 e. The molecular formula is C23H35F2N5O3. The number of rotatable bonds is 8. The number of carbonyl (C=O) groups is 1. The highest BCUT2D eigenvalue weighted by Gasteiger charge is 2.26. The van der Waals surface area contributed by atoms with Crippen LogP contribution < -0.4 is 16.3 Å². The lowest BCUT2D eigenvalue weighted by atomic mass is 9.98. The fourth-order valence-corrected chi connectivity index (χ4v) is 4.42. The number of hydrazine groups is 1. The Morgan fingerprint density at radius 1 is 1.12 bits per heavy atom. The van der Waals surface area contributed by atoms with Crippen molar-refractivity contribution in [1.29, 1.82) is 0 Å². The molecule has 0 radical (unpaired) electrons. The first-order valence-corrected chi connectivity index (χ1v) is 11.6. The fraction of sp³-hybridized carbons (Fsp3) is 0.652. The Morgan fingerprint density at radius 3 is 2.36 bits per heavy atom. The van der Waals surface area contributed by atoms with Crippen LogP contribution in [0.3, 0.4) is 0 Å². The molecule has 1 aromatic rings. The standard InChI is InChI=1S/C23H35F2N5O3/c1-29(15-8-6-7-9-15)23(31)32-14-18(30(2)27)20(26)17-12-13-19(21(28-17)22(24)25)33-16-10-4-3-5-11-16/h12-13,15-16,22H,3-11,14,26-27H2,1-2H3/b20-18-. The maximum Gasteiger partial charge on any atom is 0.410 e. The van der Waals surface area contributed by atoms with E-state index in [1.165, 1.54) is 24.2 Å². The van der Waals surface area contributed by atoms with E-state index in [0.717, 1.165) is 57.8 Å². The highest BCUT2D eigenvalue weighted by Crippen LogP contribution is 2.32. The van der Waals surface area contributed by atoms with Crippen molar-refractivity contribution in [2.24, 2.45) is 11.6 Å². The monoisotopic (exact) mass is 467 g/mol. The number of hydrogen-bond donors (Lipinski definition) is 2. The second-order valence-corrected chi connectivity index (χ2v) is 8.83. The minimum atomic E-state index is -2.83. The van der Waals surface area contributed by atoms with E-state index in [4.69, 9.17) is 21.1 Å². The van der Waals surface area contributed by atoms with Gasteiger partial charge in [0.2, 0.25) is 0 Å². The van der Waals surface area contributed by atoms with Crippen molar-refractivity contribution in [2.45, 2.75) is 76.4 Å². The molecule has 0 unspecified atom stereocenters. The molecule has 1 amide bonds. The zero-order chi connectivity index (χ0) is 24.0. The molecule has 2 fully saturated rings. The Hall–Kier alpha value is -2.62. The van der Waals surface area contributed by atoms with Crippen molar-refractivity contribution in [3.63, 3.8) is 0 Å². The third kappa shape index (κ3) is 6.46. The summed E-state index contributed by atoms with van der Waals surface area (Å²) in [7, 11) is 3.24. The summed E-state index contributed by atoms with van der Waals surface area (Å²) in [6.07, 6.45) is 5.55. The Labute approximate surface area is 193 Å². The molecule has 2 aliphatic carbocycles. The Morgan fingerprint density at radius 2 is 1.76 bits per heavy atom. The molecule has 0 aromatic carbocycles. The first-order chi connectivity index (χ1) is 15.8. The molecule has 2 saturated carbocycles. The fourth-order valence-electron chi connectivity index (χ4n) is 4.42. The van der Waals surface area contributed by atoms with E-state index in [-0.39, 0.29) is 41.6 Å². The number of hydrogen-bond acceptors (Lipinski definition) is 7. The number of likely N-dealkylation sites (N-methyl/N-ethyl adjacent to an activating group) is 1. The van der Waals surface area contributed by atoms with E-state index in [9.17, 15) is 13.6 Å². The lowest BCUT2D eigenvalue weighted by Gasteiger charge is -2.26. The van der Waals surface area contributed by atoms with Crippen molar-refractivity contribution in [3.8, 4) is 5.75 Å².